The van der Waals surface area contributed by atoms with Gasteiger partial charge in [-0.25, -0.2) is 9.97 Å². The van der Waals surface area contributed by atoms with E-state index in [1.165, 1.54) is 14.2 Å². The van der Waals surface area contributed by atoms with E-state index >= 15 is 0 Å². The van der Waals surface area contributed by atoms with E-state index < -0.39 is 5.60 Å². The molecule has 1 fully saturated rings. The second kappa shape index (κ2) is 11.3. The van der Waals surface area contributed by atoms with Gasteiger partial charge in [0.05, 0.1) is 49.9 Å². The first-order valence-corrected chi connectivity index (χ1v) is 11.5. The molecule has 3 rings (SSSR count). The van der Waals surface area contributed by atoms with E-state index in [2.05, 4.69) is 15.3 Å². The maximum Gasteiger partial charge on any atom is 0.306 e. The Hall–Kier alpha value is -2.55. The van der Waals surface area contributed by atoms with Gasteiger partial charge in [0.25, 0.3) is 0 Å². The number of aromatic nitrogens is 2. The molecule has 0 aliphatic carbocycles. The summed E-state index contributed by atoms with van der Waals surface area (Å²) >= 11 is 12.8. The molecule has 0 bridgehead atoms. The maximum atomic E-state index is 12.2. The van der Waals surface area contributed by atoms with Gasteiger partial charge in [-0.2, -0.15) is 0 Å². The van der Waals surface area contributed by atoms with Crippen molar-refractivity contribution in [2.24, 2.45) is 5.92 Å². The van der Waals surface area contributed by atoms with Crippen LogP contribution in [0.25, 0.3) is 12.2 Å². The number of hydrogen-bond donors (Lipinski definition) is 1. The van der Waals surface area contributed by atoms with Crippen molar-refractivity contribution in [2.75, 3.05) is 32.8 Å². The summed E-state index contributed by atoms with van der Waals surface area (Å²) in [7, 11) is 3.05. The summed E-state index contributed by atoms with van der Waals surface area (Å²) in [6.07, 6.45) is 7.15. The largest absolute Gasteiger partial charge is 0.495 e. The zero-order valence-electron chi connectivity index (χ0n) is 19.9. The lowest BCUT2D eigenvalue weighted by Crippen LogP contribution is -2.32. The number of nitrogens with zero attached hydrogens (tertiary/aromatic N) is 2. The molecule has 184 valence electrons. The third kappa shape index (κ3) is 6.74. The van der Waals surface area contributed by atoms with Gasteiger partial charge < -0.3 is 24.3 Å². The molecule has 34 heavy (non-hydrogen) atoms. The number of rotatable bonds is 8. The number of esters is 1. The summed E-state index contributed by atoms with van der Waals surface area (Å²) in [4.78, 5) is 21.0. The van der Waals surface area contributed by atoms with Gasteiger partial charge >= 0.3 is 5.97 Å². The Labute approximate surface area is 209 Å². The van der Waals surface area contributed by atoms with Gasteiger partial charge in [0.15, 0.2) is 0 Å². The van der Waals surface area contributed by atoms with Crippen LogP contribution < -0.4 is 14.8 Å². The average molecular weight is 510 g/mol. The highest BCUT2D eigenvalue weighted by Gasteiger charge is 2.32. The number of nitrogens with one attached hydrogen (secondary N) is 1. The molecular weight excluding hydrogens is 481 g/mol. The fourth-order valence-electron chi connectivity index (χ4n) is 3.45. The van der Waals surface area contributed by atoms with Crippen molar-refractivity contribution >= 4 is 47.3 Å². The first-order chi connectivity index (χ1) is 16.1. The highest BCUT2D eigenvalue weighted by Crippen LogP contribution is 2.41. The van der Waals surface area contributed by atoms with E-state index in [0.29, 0.717) is 46.3 Å². The summed E-state index contributed by atoms with van der Waals surface area (Å²) in [6, 6.07) is 1.55. The lowest BCUT2D eigenvalue weighted by Gasteiger charge is -2.22. The number of methoxy groups -OCH3 is 2. The van der Waals surface area contributed by atoms with E-state index in [1.807, 2.05) is 20.8 Å². The molecule has 1 aromatic carbocycles. The molecule has 2 aromatic rings. The molecule has 2 atom stereocenters. The summed E-state index contributed by atoms with van der Waals surface area (Å²) in [6.45, 7) is 6.49. The molecule has 1 saturated heterocycles. The molecule has 0 amide bonds. The third-order valence-corrected chi connectivity index (χ3v) is 5.86. The van der Waals surface area contributed by atoms with Crippen molar-refractivity contribution in [3.63, 3.8) is 0 Å². The predicted octanol–water partition coefficient (Wildman–Crippen LogP) is 5.13. The predicted molar refractivity (Wildman–Crippen MR) is 133 cm³/mol. The Bertz CT molecular complexity index is 1010. The first-order valence-electron chi connectivity index (χ1n) is 10.8. The molecule has 0 saturated carbocycles. The first kappa shape index (κ1) is 26.1. The minimum atomic E-state index is -0.517. The number of hydrogen-bond acceptors (Lipinski definition) is 8. The van der Waals surface area contributed by atoms with Crippen molar-refractivity contribution in [3.8, 4) is 11.5 Å². The van der Waals surface area contributed by atoms with Gasteiger partial charge in [-0.3, -0.25) is 4.79 Å². The molecule has 8 nitrogen and oxygen atoms in total. The molecule has 2 heterocycles. The minimum absolute atomic E-state index is 0.0228. The van der Waals surface area contributed by atoms with Crippen LogP contribution >= 0.6 is 23.2 Å². The number of carbonyl (C=O) groups is 1. The molecule has 1 N–H and O–H groups in total. The highest BCUT2D eigenvalue weighted by molar-refractivity contribution is 6.39. The number of halogens is 2. The molecule has 0 radical (unpaired) electrons. The van der Waals surface area contributed by atoms with E-state index in [1.54, 1.807) is 30.6 Å². The molecule has 0 spiro atoms. The standard InChI is InChI=1S/C24H29Cl2N3O5/c1-24(2,3)34-20(30)8-15-12-33-13-17(15)29-23-27-10-14(11-28-23)6-7-16-21(25)18(31-4)9-19(32-5)22(16)26/h6-7,9-11,15,17H,8,12-13H2,1-5H3,(H,27,28,29)/b7-6+/t15?,17-/m1/s1. The summed E-state index contributed by atoms with van der Waals surface area (Å²) in [5.41, 5.74) is 0.790. The molecule has 1 aliphatic heterocycles. The lowest BCUT2D eigenvalue weighted by molar-refractivity contribution is -0.156. The summed E-state index contributed by atoms with van der Waals surface area (Å²) in [5.74, 6) is 1.09. The lowest BCUT2D eigenvalue weighted by atomic mass is 10.00. The van der Waals surface area contributed by atoms with E-state index in [-0.39, 0.29) is 24.3 Å². The van der Waals surface area contributed by atoms with Gasteiger partial charge in [-0.15, -0.1) is 0 Å². The van der Waals surface area contributed by atoms with Crippen molar-refractivity contribution in [1.29, 1.82) is 0 Å². The van der Waals surface area contributed by atoms with Crippen LogP contribution in [-0.4, -0.2) is 55.0 Å². The smallest absolute Gasteiger partial charge is 0.306 e. The van der Waals surface area contributed by atoms with Crippen LogP contribution in [0.2, 0.25) is 10.0 Å². The van der Waals surface area contributed by atoms with Crippen LogP contribution in [0.3, 0.4) is 0 Å². The normalized spacial score (nSPS) is 18.2. The van der Waals surface area contributed by atoms with E-state index in [4.69, 9.17) is 42.1 Å². The quantitative estimate of drug-likeness (QED) is 0.489. The number of anilines is 1. The fraction of sp³-hybridized carbons (Fsp3) is 0.458. The Kier molecular flexibility index (Phi) is 8.62. The van der Waals surface area contributed by atoms with Crippen LogP contribution in [0.5, 0.6) is 11.5 Å². The summed E-state index contributed by atoms with van der Waals surface area (Å²) < 4.78 is 21.6. The Morgan fingerprint density at radius 1 is 1.12 bits per heavy atom. The monoisotopic (exact) mass is 509 g/mol. The van der Waals surface area contributed by atoms with Crippen LogP contribution in [-0.2, 0) is 14.3 Å². The zero-order valence-corrected chi connectivity index (χ0v) is 21.4. The minimum Gasteiger partial charge on any atom is -0.495 e. The van der Waals surface area contributed by atoms with Gasteiger partial charge in [-0.05, 0) is 20.8 Å². The fourth-order valence-corrected chi connectivity index (χ4v) is 4.08. The van der Waals surface area contributed by atoms with Gasteiger partial charge in [-0.1, -0.05) is 35.4 Å². The van der Waals surface area contributed by atoms with Crippen LogP contribution in [0.4, 0.5) is 5.95 Å². The number of carbonyl (C=O) groups excluding carboxylic acids is 1. The second-order valence-corrected chi connectivity index (χ2v) is 9.59. The molecule has 1 aliphatic rings. The Morgan fingerprint density at radius 2 is 1.74 bits per heavy atom. The second-order valence-electron chi connectivity index (χ2n) is 8.83. The number of ether oxygens (including phenoxy) is 4. The van der Waals surface area contributed by atoms with Crippen molar-refractivity contribution < 1.29 is 23.7 Å². The van der Waals surface area contributed by atoms with Crippen molar-refractivity contribution in [2.45, 2.75) is 38.8 Å². The van der Waals surface area contributed by atoms with Crippen molar-refractivity contribution in [1.82, 2.24) is 9.97 Å². The molecule has 1 aromatic heterocycles. The van der Waals surface area contributed by atoms with Gasteiger partial charge in [0.1, 0.15) is 17.1 Å². The molecule has 10 heteroatoms. The summed E-state index contributed by atoms with van der Waals surface area (Å²) in [5, 5.41) is 4.01. The molecular formula is C24H29Cl2N3O5. The van der Waals surface area contributed by atoms with Gasteiger partial charge in [0.2, 0.25) is 5.95 Å². The molecule has 1 unspecified atom stereocenters. The Balaban J connectivity index is 1.67. The third-order valence-electron chi connectivity index (χ3n) is 5.08. The van der Waals surface area contributed by atoms with Gasteiger partial charge in [0, 0.05) is 35.5 Å². The van der Waals surface area contributed by atoms with Crippen LogP contribution in [0.15, 0.2) is 18.5 Å². The topological polar surface area (TPSA) is 91.8 Å². The zero-order chi connectivity index (χ0) is 24.9. The van der Waals surface area contributed by atoms with Crippen molar-refractivity contribution in [3.05, 3.63) is 39.6 Å². The van der Waals surface area contributed by atoms with Crippen LogP contribution in [0, 0.1) is 5.92 Å². The Morgan fingerprint density at radius 3 is 2.29 bits per heavy atom. The van der Waals surface area contributed by atoms with Crippen LogP contribution in [0.1, 0.15) is 38.3 Å². The highest BCUT2D eigenvalue weighted by atomic mass is 35.5. The average Bonchev–Trinajstić information content (AvgIpc) is 3.20. The SMILES string of the molecule is COc1cc(OC)c(Cl)c(/C=C/c2cnc(N[C@@H]3COCC3CC(=O)OC(C)(C)C)nc2)c1Cl. The van der Waals surface area contributed by atoms with E-state index in [9.17, 15) is 4.79 Å². The maximum absolute atomic E-state index is 12.2. The van der Waals surface area contributed by atoms with E-state index in [0.717, 1.165) is 5.56 Å². The number of benzene rings is 1.